The lowest BCUT2D eigenvalue weighted by Gasteiger charge is -2.23. The van der Waals surface area contributed by atoms with Gasteiger partial charge >= 0.3 is 18.2 Å². The van der Waals surface area contributed by atoms with Crippen LogP contribution in [0.2, 0.25) is 0 Å². The number of fused-ring (bicyclic) bond motifs is 4. The summed E-state index contributed by atoms with van der Waals surface area (Å²) in [5, 5.41) is 13.2. The number of amides is 2. The number of aromatic nitrogens is 1. The van der Waals surface area contributed by atoms with E-state index >= 15 is 0 Å². The molecule has 0 fully saturated rings. The van der Waals surface area contributed by atoms with Crippen LogP contribution in [0.4, 0.5) is 18.0 Å². The molecule has 5 aromatic rings. The molecular formula is C40H39F3N4O5. The Morgan fingerprint density at radius 3 is 2.15 bits per heavy atom. The molecule has 0 saturated heterocycles. The van der Waals surface area contributed by atoms with Crippen molar-refractivity contribution in [2.45, 2.75) is 38.4 Å². The van der Waals surface area contributed by atoms with Gasteiger partial charge in [0.15, 0.2) is 0 Å². The second-order valence-electron chi connectivity index (χ2n) is 12.1. The number of hydrazine groups is 1. The maximum atomic E-state index is 13.1. The second-order valence-corrected chi connectivity index (χ2v) is 12.1. The molecule has 1 aliphatic carbocycles. The van der Waals surface area contributed by atoms with E-state index in [-0.39, 0.29) is 18.4 Å². The summed E-state index contributed by atoms with van der Waals surface area (Å²) in [4.78, 5) is 38.0. The van der Waals surface area contributed by atoms with Crippen LogP contribution < -0.4 is 10.7 Å². The Hall–Kier alpha value is -5.88. The second kappa shape index (κ2) is 17.4. The van der Waals surface area contributed by atoms with Crippen molar-refractivity contribution in [2.75, 3.05) is 19.7 Å². The van der Waals surface area contributed by atoms with E-state index in [0.29, 0.717) is 13.0 Å². The molecule has 4 N–H and O–H groups in total. The van der Waals surface area contributed by atoms with Gasteiger partial charge in [-0.1, -0.05) is 97.9 Å². The maximum Gasteiger partial charge on any atom is 0.490 e. The molecule has 12 heteroatoms. The number of ether oxygens (including phenoxy) is 1. The van der Waals surface area contributed by atoms with Gasteiger partial charge in [-0.2, -0.15) is 13.2 Å². The lowest BCUT2D eigenvalue weighted by atomic mass is 9.98. The number of carbonyl (C=O) groups is 3. The van der Waals surface area contributed by atoms with Gasteiger partial charge in [0.25, 0.3) is 5.91 Å². The van der Waals surface area contributed by atoms with Gasteiger partial charge in [0.05, 0.1) is 0 Å². The van der Waals surface area contributed by atoms with Crippen molar-refractivity contribution in [3.05, 3.63) is 137 Å². The number of nitrogens with zero attached hydrogens (tertiary/aromatic N) is 1. The number of para-hydroxylation sites is 1. The van der Waals surface area contributed by atoms with E-state index in [1.165, 1.54) is 44.2 Å². The van der Waals surface area contributed by atoms with E-state index < -0.39 is 18.2 Å². The Labute approximate surface area is 299 Å². The number of rotatable bonds is 11. The number of aliphatic carboxylic acids is 1. The summed E-state index contributed by atoms with van der Waals surface area (Å²) < 4.78 is 37.5. The standard InChI is InChI=1S/C38H38N4O3.C2HF3O2/c1-2-23-42(38(44)45-26-35-33-12-5-3-10-31(33)32-11-4-6-13-34(32)35)41-37(43)20-19-27-15-17-28(18-16-27)24-39-22-21-29-25-40-36-14-8-7-9-30(29)36;3-2(4,5)1(6)7/h3-20,25,35,39-40H,2,21-24,26H2,1H3,(H,41,43);(H,6,7)/b20-19+;. The van der Waals surface area contributed by atoms with Gasteiger partial charge in [-0.05, 0) is 70.5 Å². The van der Waals surface area contributed by atoms with Crippen LogP contribution in [-0.4, -0.2) is 58.9 Å². The molecule has 0 radical (unpaired) electrons. The number of halogens is 3. The van der Waals surface area contributed by atoms with Gasteiger partial charge in [0.1, 0.15) is 6.61 Å². The van der Waals surface area contributed by atoms with E-state index in [2.05, 4.69) is 76.5 Å². The summed E-state index contributed by atoms with van der Waals surface area (Å²) in [5.41, 5.74) is 11.9. The predicted octanol–water partition coefficient (Wildman–Crippen LogP) is 7.84. The Bertz CT molecular complexity index is 1980. The molecule has 1 aromatic heterocycles. The topological polar surface area (TPSA) is 124 Å². The number of nitrogens with one attached hydrogen (secondary N) is 3. The molecule has 0 unspecified atom stereocenters. The molecule has 1 aliphatic rings. The third-order valence-electron chi connectivity index (χ3n) is 8.47. The molecule has 0 aliphatic heterocycles. The van der Waals surface area contributed by atoms with E-state index in [4.69, 9.17) is 14.6 Å². The zero-order valence-electron chi connectivity index (χ0n) is 28.5. The van der Waals surface area contributed by atoms with Gasteiger partial charge in [-0.3, -0.25) is 10.2 Å². The Morgan fingerprint density at radius 2 is 1.52 bits per heavy atom. The minimum atomic E-state index is -5.08. The summed E-state index contributed by atoms with van der Waals surface area (Å²) in [6, 6.07) is 32.9. The predicted molar refractivity (Wildman–Crippen MR) is 193 cm³/mol. The smallest absolute Gasteiger partial charge is 0.475 e. The minimum Gasteiger partial charge on any atom is -0.475 e. The first kappa shape index (κ1) is 37.4. The maximum absolute atomic E-state index is 13.1. The van der Waals surface area contributed by atoms with Crippen molar-refractivity contribution in [3.8, 4) is 11.1 Å². The van der Waals surface area contributed by atoms with Gasteiger partial charge in [0, 0.05) is 42.2 Å². The number of hydrogen-bond acceptors (Lipinski definition) is 5. The van der Waals surface area contributed by atoms with Crippen LogP contribution >= 0.6 is 0 Å². The molecule has 4 aromatic carbocycles. The Morgan fingerprint density at radius 1 is 0.904 bits per heavy atom. The summed E-state index contributed by atoms with van der Waals surface area (Å²) in [6.07, 6.45) is 1.24. The van der Waals surface area contributed by atoms with E-state index in [1.54, 1.807) is 6.08 Å². The molecule has 0 spiro atoms. The largest absolute Gasteiger partial charge is 0.490 e. The van der Waals surface area contributed by atoms with Crippen LogP contribution in [0.1, 0.15) is 47.1 Å². The molecule has 0 bridgehead atoms. The summed E-state index contributed by atoms with van der Waals surface area (Å²) in [7, 11) is 0. The molecular weight excluding hydrogens is 673 g/mol. The molecule has 270 valence electrons. The molecule has 0 atom stereocenters. The monoisotopic (exact) mass is 712 g/mol. The zero-order chi connectivity index (χ0) is 37.1. The fraction of sp³-hybridized carbons (Fsp3) is 0.225. The van der Waals surface area contributed by atoms with Crippen LogP contribution in [0.25, 0.3) is 28.1 Å². The van der Waals surface area contributed by atoms with Crippen LogP contribution in [0.3, 0.4) is 0 Å². The quantitative estimate of drug-likeness (QED) is 0.0629. The molecule has 2 amide bonds. The van der Waals surface area contributed by atoms with Crippen molar-refractivity contribution in [2.24, 2.45) is 0 Å². The number of benzene rings is 4. The van der Waals surface area contributed by atoms with Crippen molar-refractivity contribution in [1.29, 1.82) is 0 Å². The zero-order valence-corrected chi connectivity index (χ0v) is 28.5. The molecule has 52 heavy (non-hydrogen) atoms. The molecule has 9 nitrogen and oxygen atoms in total. The highest BCUT2D eigenvalue weighted by Crippen LogP contribution is 2.44. The highest BCUT2D eigenvalue weighted by molar-refractivity contribution is 5.92. The number of carboxylic acids is 1. The Kier molecular flexibility index (Phi) is 12.5. The van der Waals surface area contributed by atoms with Crippen molar-refractivity contribution < 1.29 is 37.4 Å². The van der Waals surface area contributed by atoms with Crippen LogP contribution in [-0.2, 0) is 27.3 Å². The highest BCUT2D eigenvalue weighted by atomic mass is 19.4. The molecule has 6 rings (SSSR count). The number of hydrogen-bond donors (Lipinski definition) is 4. The van der Waals surface area contributed by atoms with E-state index in [0.717, 1.165) is 36.2 Å². The summed E-state index contributed by atoms with van der Waals surface area (Å²) in [5.74, 6) is -3.19. The van der Waals surface area contributed by atoms with Crippen molar-refractivity contribution in [1.82, 2.24) is 20.7 Å². The lowest BCUT2D eigenvalue weighted by Crippen LogP contribution is -2.46. The number of carbonyl (C=O) groups excluding carboxylic acids is 2. The molecule has 1 heterocycles. The average molecular weight is 713 g/mol. The molecule has 0 saturated carbocycles. The first-order valence-corrected chi connectivity index (χ1v) is 16.8. The number of alkyl halides is 3. The van der Waals surface area contributed by atoms with Gasteiger partial charge in [-0.15, -0.1) is 0 Å². The minimum absolute atomic E-state index is 0.0434. The van der Waals surface area contributed by atoms with Crippen LogP contribution in [0.15, 0.2) is 109 Å². The third kappa shape index (κ3) is 9.67. The van der Waals surface area contributed by atoms with Crippen LogP contribution in [0, 0.1) is 0 Å². The van der Waals surface area contributed by atoms with Crippen molar-refractivity contribution >= 4 is 34.9 Å². The van der Waals surface area contributed by atoms with E-state index in [1.807, 2.05) is 49.4 Å². The Balaban J connectivity index is 0.000000679. The van der Waals surface area contributed by atoms with E-state index in [9.17, 15) is 22.8 Å². The average Bonchev–Trinajstić information content (AvgIpc) is 3.70. The first-order chi connectivity index (χ1) is 25.0. The highest BCUT2D eigenvalue weighted by Gasteiger charge is 2.38. The van der Waals surface area contributed by atoms with Crippen LogP contribution in [0.5, 0.6) is 0 Å². The number of H-pyrrole nitrogens is 1. The van der Waals surface area contributed by atoms with Crippen molar-refractivity contribution in [3.63, 3.8) is 0 Å². The summed E-state index contributed by atoms with van der Waals surface area (Å²) >= 11 is 0. The summed E-state index contributed by atoms with van der Waals surface area (Å²) in [6.45, 7) is 4.13. The normalized spacial score (nSPS) is 12.2. The lowest BCUT2D eigenvalue weighted by molar-refractivity contribution is -0.192. The number of carboxylic acid groups (broad SMARTS) is 1. The fourth-order valence-electron chi connectivity index (χ4n) is 5.97. The van der Waals surface area contributed by atoms with Gasteiger partial charge in [-0.25, -0.2) is 14.6 Å². The van der Waals surface area contributed by atoms with Gasteiger partial charge in [0.2, 0.25) is 0 Å². The number of aromatic amines is 1. The van der Waals surface area contributed by atoms with Gasteiger partial charge < -0.3 is 20.1 Å². The first-order valence-electron chi connectivity index (χ1n) is 16.8. The SMILES string of the molecule is CCCN(NC(=O)/C=C/c1ccc(CNCCc2c[nH]c3ccccc23)cc1)C(=O)OCC1c2ccccc2-c2ccccc21.O=C(O)C(F)(F)F. The fourth-order valence-corrected chi connectivity index (χ4v) is 5.97. The third-order valence-corrected chi connectivity index (χ3v) is 8.47.